The van der Waals surface area contributed by atoms with Gasteiger partial charge in [0.15, 0.2) is 5.78 Å². The molecule has 0 radical (unpaired) electrons. The zero-order chi connectivity index (χ0) is 99.9. The number of aliphatic carboxylic acids is 4. The van der Waals surface area contributed by atoms with Crippen molar-refractivity contribution in [2.24, 2.45) is 38.9 Å². The van der Waals surface area contributed by atoms with Crippen molar-refractivity contribution in [2.75, 3.05) is 138 Å². The molecule has 11 aliphatic heterocycles. The normalized spacial score (nSPS) is 21.6. The number of anilines is 2. The summed E-state index contributed by atoms with van der Waals surface area (Å²) in [4.78, 5) is 188. The summed E-state index contributed by atoms with van der Waals surface area (Å²) in [7, 11) is 0. The topological polar surface area (TPSA) is 590 Å². The van der Waals surface area contributed by atoms with Gasteiger partial charge in [-0.1, -0.05) is 109 Å². The molecule has 6 aromatic rings. The van der Waals surface area contributed by atoms with E-state index in [9.17, 15) is 98.8 Å². The van der Waals surface area contributed by atoms with Crippen LogP contribution in [-0.2, 0) is 103 Å². The van der Waals surface area contributed by atoms with Crippen LogP contribution in [-0.4, -0.2) is 336 Å². The Morgan fingerprint density at radius 1 is 0.440 bits per heavy atom. The van der Waals surface area contributed by atoms with Gasteiger partial charge >= 0.3 is 23.9 Å². The Kier molecular flexibility index (Phi) is 34.9. The quantitative estimate of drug-likeness (QED) is 0.0151. The minimum Gasteiger partial charge on any atom is -0.569 e. The lowest BCUT2D eigenvalue weighted by atomic mass is 9.89. The van der Waals surface area contributed by atoms with Gasteiger partial charge in [-0.05, 0) is 72.0 Å². The Bertz CT molecular complexity index is 5620. The number of fused-ring (bicyclic) bond motifs is 4. The number of β-lactam (4-membered cyclic amide) rings is 4. The van der Waals surface area contributed by atoms with Crippen molar-refractivity contribution >= 4 is 129 Å². The highest BCUT2D eigenvalue weighted by Gasteiger charge is 2.58. The van der Waals surface area contributed by atoms with Gasteiger partial charge in [-0.15, -0.1) is 72.2 Å². The summed E-state index contributed by atoms with van der Waals surface area (Å²) in [5.74, 6) is -7.44. The summed E-state index contributed by atoms with van der Waals surface area (Å²) in [6, 6.07) is 38.6. The molecule has 141 heavy (non-hydrogen) atoms. The molecule has 0 unspecified atom stereocenters. The van der Waals surface area contributed by atoms with Gasteiger partial charge in [0.2, 0.25) is 50.7 Å². The number of nitrogens with one attached hydrogen (secondary N) is 1. The smallest absolute Gasteiger partial charge is 0.352 e. The monoisotopic (exact) mass is 2020 g/mol. The van der Waals surface area contributed by atoms with Crippen molar-refractivity contribution in [3.05, 3.63) is 229 Å². The molecular formula is C88H101N25O24S4. The number of carboxylic acid groups (broad SMARTS) is 4. The molecule has 5 N–H and O–H groups in total. The van der Waals surface area contributed by atoms with Crippen molar-refractivity contribution in [1.82, 2.24) is 75.1 Å². The molecule has 2 aromatic heterocycles. The summed E-state index contributed by atoms with van der Waals surface area (Å²) in [6.45, 7) is 8.62. The van der Waals surface area contributed by atoms with E-state index in [1.807, 2.05) is 126 Å². The molecule has 49 nitrogen and oxygen atoms in total. The van der Waals surface area contributed by atoms with Crippen LogP contribution in [0.3, 0.4) is 0 Å². The summed E-state index contributed by atoms with van der Waals surface area (Å²) < 4.78 is 1.26. The van der Waals surface area contributed by atoms with Crippen LogP contribution in [0.4, 0.5) is 11.6 Å². The number of tetrazole rings is 1. The maximum atomic E-state index is 12.9. The van der Waals surface area contributed by atoms with Gasteiger partial charge in [0.1, 0.15) is 85.1 Å². The average Bonchev–Trinajstić information content (AvgIpc) is 0.882. The van der Waals surface area contributed by atoms with Crippen LogP contribution in [0.2, 0.25) is 0 Å². The van der Waals surface area contributed by atoms with Crippen LogP contribution in [0, 0.1) is 38.6 Å². The van der Waals surface area contributed by atoms with Crippen LogP contribution in [0.1, 0.15) is 62.6 Å². The van der Waals surface area contributed by atoms with Crippen LogP contribution in [0.25, 0.3) is 0 Å². The van der Waals surface area contributed by atoms with Gasteiger partial charge < -0.3 is 75.7 Å². The van der Waals surface area contributed by atoms with E-state index >= 15 is 0 Å². The molecule has 746 valence electrons. The number of amides is 5. The fourth-order valence-electron chi connectivity index (χ4n) is 17.1. The van der Waals surface area contributed by atoms with Crippen molar-refractivity contribution in [3.8, 4) is 0 Å². The highest BCUT2D eigenvalue weighted by Crippen LogP contribution is 2.49. The maximum absolute atomic E-state index is 12.9. The number of carboxylic acids is 4. The third-order valence-corrected chi connectivity index (χ3v) is 29.7. The largest absolute Gasteiger partial charge is 0.569 e. The number of carbonyl (C=O) groups is 12. The molecule has 7 saturated heterocycles. The lowest BCUT2D eigenvalue weighted by Crippen LogP contribution is -2.70. The Morgan fingerprint density at radius 3 is 1.18 bits per heavy atom. The SMILES string of the molecule is CCN(CC)/[N+]([O-])=N/OCC1=C(C(=O)O)N2C(=O)[C@@H](CC(=O)Cn3cnnn3)[C@H]2SC1.O=C(Cc1ccccc1)C[C@@H]1C(=O)N2C(C(=O)O)=C(CO/N=[N+](\[O-])N3CCCC3)CS[C@H]12.O=C(Cc1ccccc1)C[C@@H]1C(=O)N2C(C(=O)O)=C(CO/N=[N+](\[O-])N3CCN(c4ccccc4)CC3)CS[C@H]12.O=C(Cc1ccccc1)N[C@@H]1C(=O)N2C(C(=O)O)=C(CO/N=[N+](\[O-])N3CCN(c4ncccn4)CC3)CS[C@H]12. The van der Waals surface area contributed by atoms with Crippen molar-refractivity contribution < 1.29 is 117 Å². The standard InChI is InChI=1S/C27H29N5O6S.C24H26N8O6S.C21H24N4O6S.C16H22N8O6S/c33-22(15-19-7-3-1-4-8-19)16-23-25(34)31-24(27(35)36)20(18-39-26(23)31)17-38-28-32(37)30-13-11-29(12-14-30)21-9-5-2-6-10-21;33-18(13-16-5-2-1-3-6-16)27-19-21(34)31-20(23(35)36)17(15-39-22(19)31)14-38-28-32(37)30-11-9-29(10-12-30)24-25-7-4-8-26-24;26-16(10-14-6-2-1-3-7-14)11-17-19(27)24-18(21(28)29)15(13-32-20(17)24)12-31-22-25(30)23-8-4-5-9-23;1-3-22(4-2)24(29)20-30-7-10-8-31-15-12(14(26)23(15)13(10)16(27)28)5-11(25)6-21-9-17-18-19-21/h1-10,23,26H,11-18H2,(H,35,36);1-8,19,22H,9-15H2,(H,27,33)(H,35,36);1-3,6-7,17,20H,4-5,8-13H2,(H,28,29);9,12,15H,3-8H2,1-2H3,(H,27,28)/b2*32-28-;25-22-;24-20-/t23-,26-;19-,22-;17-,20-;12-,15-/m1111/s1. The van der Waals surface area contributed by atoms with Gasteiger partial charge in [0, 0.05) is 122 Å². The fraction of sp³-hybridized carbons (Fsp3) is 0.443. The van der Waals surface area contributed by atoms with Crippen LogP contribution >= 0.6 is 47.0 Å². The number of hydrogen-bond donors (Lipinski definition) is 5. The lowest BCUT2D eigenvalue weighted by Gasteiger charge is -2.49. The Hall–Kier alpha value is -14.8. The summed E-state index contributed by atoms with van der Waals surface area (Å²) in [5, 5.41) is 119. The van der Waals surface area contributed by atoms with Crippen molar-refractivity contribution in [2.45, 2.75) is 99.3 Å². The molecule has 0 aliphatic carbocycles. The Labute approximate surface area is 821 Å². The molecule has 11 aliphatic rings. The van der Waals surface area contributed by atoms with E-state index in [2.05, 4.69) is 56.8 Å². The molecule has 13 heterocycles. The van der Waals surface area contributed by atoms with E-state index < -0.39 is 81.0 Å². The highest BCUT2D eigenvalue weighted by atomic mass is 32.2. The van der Waals surface area contributed by atoms with Gasteiger partial charge in [0.05, 0.1) is 113 Å². The van der Waals surface area contributed by atoms with Crippen LogP contribution in [0.5, 0.6) is 0 Å². The second-order valence-electron chi connectivity index (χ2n) is 33.3. The van der Waals surface area contributed by atoms with Gasteiger partial charge in [-0.25, -0.2) is 33.8 Å². The van der Waals surface area contributed by atoms with Gasteiger partial charge in [0.25, 0.3) is 5.91 Å². The maximum Gasteiger partial charge on any atom is 0.352 e. The number of aromatic nitrogens is 6. The van der Waals surface area contributed by atoms with E-state index in [0.29, 0.717) is 138 Å². The fourth-order valence-corrected chi connectivity index (χ4v) is 22.6. The van der Waals surface area contributed by atoms with Crippen molar-refractivity contribution in [1.29, 1.82) is 0 Å². The summed E-state index contributed by atoms with van der Waals surface area (Å²) in [6.07, 6.45) is 7.13. The van der Waals surface area contributed by atoms with E-state index in [-0.39, 0.29) is 141 Å². The summed E-state index contributed by atoms with van der Waals surface area (Å²) >= 11 is 5.44. The number of benzene rings is 4. The van der Waals surface area contributed by atoms with Gasteiger partial charge in [-0.2, -0.15) is 0 Å². The van der Waals surface area contributed by atoms with E-state index in [1.54, 1.807) is 32.3 Å². The molecule has 17 rings (SSSR count). The van der Waals surface area contributed by atoms with E-state index in [0.717, 1.165) is 40.1 Å². The van der Waals surface area contributed by atoms with E-state index in [1.165, 1.54) is 92.8 Å². The Balaban J connectivity index is 0.000000150. The zero-order valence-corrected chi connectivity index (χ0v) is 79.6. The first kappa shape index (κ1) is 102. The minimum atomic E-state index is -1.29. The molecular weight excluding hydrogens is 1920 g/mol. The number of hydrazine groups is 4. The highest BCUT2D eigenvalue weighted by molar-refractivity contribution is 8.01. The Morgan fingerprint density at radius 2 is 0.794 bits per heavy atom. The molecule has 8 atom stereocenters. The minimum absolute atomic E-state index is 0.0318. The first-order valence-electron chi connectivity index (χ1n) is 45.0. The number of carbonyl (C=O) groups excluding carboxylic acids is 8. The number of piperazine rings is 2. The third kappa shape index (κ3) is 25.1. The summed E-state index contributed by atoms with van der Waals surface area (Å²) in [5.41, 5.74) is 4.35. The lowest BCUT2D eigenvalue weighted by molar-refractivity contribution is -0.711. The molecule has 5 amide bonds. The molecule has 7 fully saturated rings. The van der Waals surface area contributed by atoms with Crippen LogP contribution < -0.4 is 15.1 Å². The predicted molar refractivity (Wildman–Crippen MR) is 498 cm³/mol. The molecule has 0 bridgehead atoms. The van der Waals surface area contributed by atoms with Crippen LogP contribution in [0.15, 0.2) is 212 Å². The zero-order valence-electron chi connectivity index (χ0n) is 76.3. The third-order valence-electron chi connectivity index (χ3n) is 24.1. The first-order chi connectivity index (χ1) is 68.2. The number of para-hydroxylation sites is 1. The van der Waals surface area contributed by atoms with Crippen molar-refractivity contribution in [3.63, 3.8) is 0 Å². The molecule has 0 saturated carbocycles. The van der Waals surface area contributed by atoms with E-state index in [4.69, 9.17) is 19.4 Å². The number of ketones is 3. The number of rotatable bonds is 39. The number of hydrogen-bond acceptors (Lipinski definition) is 35. The second kappa shape index (κ2) is 48.2. The second-order valence-corrected chi connectivity index (χ2v) is 37.7. The number of Topliss-reactive ketones (excluding diaryl/α,β-unsaturated/α-hetero) is 3. The average molecular weight is 2020 g/mol. The first-order valence-corrected chi connectivity index (χ1v) is 49.2. The molecule has 4 aromatic carbocycles. The number of thioether (sulfide) groups is 4. The molecule has 53 heteroatoms. The van der Waals surface area contributed by atoms with Gasteiger partial charge in [-0.3, -0.25) is 58.0 Å². The molecule has 0 spiro atoms. The predicted octanol–water partition coefficient (Wildman–Crippen LogP) is 4.70. The number of nitrogens with zero attached hydrogens (tertiary/aromatic N) is 24.